The van der Waals surface area contributed by atoms with Crippen LogP contribution in [0.2, 0.25) is 0 Å². The molecule has 116 valence electrons. The number of hydrogen-bond donors (Lipinski definition) is 2. The minimum Gasteiger partial charge on any atom is -0.478 e. The van der Waals surface area contributed by atoms with E-state index in [0.29, 0.717) is 5.69 Å². The number of benzene rings is 1. The first kappa shape index (κ1) is 15.8. The van der Waals surface area contributed by atoms with E-state index < -0.39 is 11.9 Å². The summed E-state index contributed by atoms with van der Waals surface area (Å²) >= 11 is 0. The molecule has 6 nitrogen and oxygen atoms in total. The Balaban J connectivity index is 2.07. The molecule has 0 saturated carbocycles. The van der Waals surface area contributed by atoms with E-state index in [-0.39, 0.29) is 17.2 Å². The van der Waals surface area contributed by atoms with E-state index in [1.165, 1.54) is 24.3 Å². The number of carbonyl (C=O) groups is 2. The summed E-state index contributed by atoms with van der Waals surface area (Å²) in [5.41, 5.74) is 1.43. The number of anilines is 1. The molecule has 0 saturated heterocycles. The Bertz CT molecular complexity index is 657. The second-order valence-corrected chi connectivity index (χ2v) is 4.97. The first-order chi connectivity index (χ1) is 10.5. The van der Waals surface area contributed by atoms with Crippen LogP contribution < -0.4 is 5.32 Å². The smallest absolute Gasteiger partial charge is 0.335 e. The molecule has 1 amide bonds. The van der Waals surface area contributed by atoms with Crippen LogP contribution in [0.15, 0.2) is 34.9 Å². The van der Waals surface area contributed by atoms with Crippen molar-refractivity contribution in [2.75, 3.05) is 5.32 Å². The van der Waals surface area contributed by atoms with Crippen LogP contribution in [0.3, 0.4) is 0 Å². The third kappa shape index (κ3) is 3.52. The number of nitrogens with one attached hydrogen (secondary N) is 1. The number of carbonyl (C=O) groups excluding carboxylic acids is 1. The van der Waals surface area contributed by atoms with Gasteiger partial charge in [-0.3, -0.25) is 4.79 Å². The van der Waals surface area contributed by atoms with Crippen molar-refractivity contribution in [3.8, 4) is 0 Å². The average molecular weight is 302 g/mol. The van der Waals surface area contributed by atoms with Crippen LogP contribution in [-0.2, 0) is 0 Å². The molecule has 0 fully saturated rings. The van der Waals surface area contributed by atoms with Gasteiger partial charge in [0.15, 0.2) is 0 Å². The lowest BCUT2D eigenvalue weighted by Gasteiger charge is -2.06. The van der Waals surface area contributed by atoms with E-state index in [9.17, 15) is 9.59 Å². The Hall–Kier alpha value is -2.63. The number of aromatic nitrogens is 1. The predicted molar refractivity (Wildman–Crippen MR) is 81.2 cm³/mol. The number of nitrogens with zero attached hydrogens (tertiary/aromatic N) is 1. The molecule has 1 aromatic heterocycles. The van der Waals surface area contributed by atoms with Gasteiger partial charge in [-0.15, -0.1) is 0 Å². The Morgan fingerprint density at radius 2 is 1.86 bits per heavy atom. The van der Waals surface area contributed by atoms with Crippen LogP contribution in [0.1, 0.15) is 59.2 Å². The number of carboxylic acid groups (broad SMARTS) is 1. The first-order valence-electron chi connectivity index (χ1n) is 7.16. The van der Waals surface area contributed by atoms with Crippen molar-refractivity contribution in [1.82, 2.24) is 5.16 Å². The number of hydrogen-bond acceptors (Lipinski definition) is 4. The van der Waals surface area contributed by atoms with E-state index in [0.717, 1.165) is 18.5 Å². The van der Waals surface area contributed by atoms with Gasteiger partial charge in [0.05, 0.1) is 11.3 Å². The van der Waals surface area contributed by atoms with Gasteiger partial charge in [-0.25, -0.2) is 4.79 Å². The average Bonchev–Trinajstić information content (AvgIpc) is 2.99. The maximum Gasteiger partial charge on any atom is 0.335 e. The van der Waals surface area contributed by atoms with Gasteiger partial charge >= 0.3 is 5.97 Å². The van der Waals surface area contributed by atoms with Gasteiger partial charge in [0.25, 0.3) is 5.91 Å². The van der Waals surface area contributed by atoms with Crippen LogP contribution in [0.5, 0.6) is 0 Å². The molecule has 0 unspecified atom stereocenters. The van der Waals surface area contributed by atoms with Crippen LogP contribution in [0.25, 0.3) is 0 Å². The molecule has 0 bridgehead atoms. The lowest BCUT2D eigenvalue weighted by Crippen LogP contribution is -2.11. The minimum absolute atomic E-state index is 0.143. The molecule has 1 aromatic carbocycles. The fourth-order valence-electron chi connectivity index (χ4n) is 2.18. The van der Waals surface area contributed by atoms with Gasteiger partial charge in [0.2, 0.25) is 5.76 Å². The quantitative estimate of drug-likeness (QED) is 0.851. The minimum atomic E-state index is -1.01. The number of aromatic carboxylic acids is 1. The first-order valence-corrected chi connectivity index (χ1v) is 7.16. The molecule has 0 radical (unpaired) electrons. The largest absolute Gasteiger partial charge is 0.478 e. The van der Waals surface area contributed by atoms with Crippen molar-refractivity contribution in [3.05, 3.63) is 47.3 Å². The fraction of sp³-hybridized carbons (Fsp3) is 0.312. The highest BCUT2D eigenvalue weighted by atomic mass is 16.5. The number of carboxylic acids is 1. The Labute approximate surface area is 128 Å². The van der Waals surface area contributed by atoms with Crippen molar-refractivity contribution >= 4 is 17.6 Å². The summed E-state index contributed by atoms with van der Waals surface area (Å²) in [4.78, 5) is 22.9. The molecule has 6 heteroatoms. The van der Waals surface area contributed by atoms with Crippen molar-refractivity contribution in [3.63, 3.8) is 0 Å². The molecule has 0 aliphatic carbocycles. The van der Waals surface area contributed by atoms with Gasteiger partial charge in [0, 0.05) is 17.7 Å². The van der Waals surface area contributed by atoms with E-state index >= 15 is 0 Å². The third-order valence-corrected chi connectivity index (χ3v) is 3.55. The molecule has 2 N–H and O–H groups in total. The summed E-state index contributed by atoms with van der Waals surface area (Å²) < 4.78 is 5.09. The van der Waals surface area contributed by atoms with E-state index in [1.54, 1.807) is 6.07 Å². The standard InChI is InChI=1S/C16H18N2O4/c1-3-10(4-2)13-9-14(22-18-13)15(19)17-12-7-5-11(6-8-12)16(20)21/h5-10H,3-4H2,1-2H3,(H,17,19)(H,20,21). The summed E-state index contributed by atoms with van der Waals surface area (Å²) in [5, 5.41) is 15.4. The summed E-state index contributed by atoms with van der Waals surface area (Å²) in [6, 6.07) is 7.56. The van der Waals surface area contributed by atoms with Crippen molar-refractivity contribution in [2.24, 2.45) is 0 Å². The van der Waals surface area contributed by atoms with Crippen molar-refractivity contribution < 1.29 is 19.2 Å². The third-order valence-electron chi connectivity index (χ3n) is 3.55. The maximum atomic E-state index is 12.1. The number of amides is 1. The molecular formula is C16H18N2O4. The highest BCUT2D eigenvalue weighted by Crippen LogP contribution is 2.22. The van der Waals surface area contributed by atoms with Gasteiger partial charge in [-0.1, -0.05) is 19.0 Å². The fourth-order valence-corrected chi connectivity index (χ4v) is 2.18. The van der Waals surface area contributed by atoms with Crippen LogP contribution in [0, 0.1) is 0 Å². The van der Waals surface area contributed by atoms with E-state index in [1.807, 2.05) is 0 Å². The lowest BCUT2D eigenvalue weighted by molar-refractivity contribution is 0.0696. The Morgan fingerprint density at radius 1 is 1.23 bits per heavy atom. The van der Waals surface area contributed by atoms with E-state index in [4.69, 9.17) is 9.63 Å². The maximum absolute atomic E-state index is 12.1. The highest BCUT2D eigenvalue weighted by molar-refractivity contribution is 6.02. The van der Waals surface area contributed by atoms with Gasteiger partial charge in [-0.2, -0.15) is 0 Å². The SMILES string of the molecule is CCC(CC)c1cc(C(=O)Nc2ccc(C(=O)O)cc2)on1. The second kappa shape index (κ2) is 6.89. The molecule has 0 atom stereocenters. The summed E-state index contributed by atoms with van der Waals surface area (Å²) in [5.74, 6) is -1.000. The Kier molecular flexibility index (Phi) is 4.93. The Morgan fingerprint density at radius 3 is 2.41 bits per heavy atom. The second-order valence-electron chi connectivity index (χ2n) is 4.97. The normalized spacial score (nSPS) is 10.7. The van der Waals surface area contributed by atoms with E-state index in [2.05, 4.69) is 24.3 Å². The monoisotopic (exact) mass is 302 g/mol. The predicted octanol–water partition coefficient (Wildman–Crippen LogP) is 3.53. The van der Waals surface area contributed by atoms with Crippen LogP contribution in [-0.4, -0.2) is 22.1 Å². The molecule has 0 aliphatic heterocycles. The summed E-state index contributed by atoms with van der Waals surface area (Å²) in [6.45, 7) is 4.12. The molecular weight excluding hydrogens is 284 g/mol. The lowest BCUT2D eigenvalue weighted by atomic mass is 9.99. The molecule has 1 heterocycles. The van der Waals surface area contributed by atoms with Gasteiger partial charge in [0.1, 0.15) is 0 Å². The molecule has 0 aliphatic rings. The summed E-state index contributed by atoms with van der Waals surface area (Å²) in [7, 11) is 0. The van der Waals surface area contributed by atoms with Crippen LogP contribution in [0.4, 0.5) is 5.69 Å². The van der Waals surface area contributed by atoms with Crippen molar-refractivity contribution in [2.45, 2.75) is 32.6 Å². The molecule has 2 rings (SSSR count). The topological polar surface area (TPSA) is 92.4 Å². The molecule has 22 heavy (non-hydrogen) atoms. The van der Waals surface area contributed by atoms with Crippen molar-refractivity contribution in [1.29, 1.82) is 0 Å². The highest BCUT2D eigenvalue weighted by Gasteiger charge is 2.17. The zero-order valence-electron chi connectivity index (χ0n) is 12.5. The summed E-state index contributed by atoms with van der Waals surface area (Å²) in [6.07, 6.45) is 1.86. The van der Waals surface area contributed by atoms with Crippen LogP contribution >= 0.6 is 0 Å². The number of rotatable bonds is 6. The zero-order chi connectivity index (χ0) is 16.1. The molecule has 0 spiro atoms. The van der Waals surface area contributed by atoms with Gasteiger partial charge < -0.3 is 14.9 Å². The molecule has 2 aromatic rings. The zero-order valence-corrected chi connectivity index (χ0v) is 12.5. The van der Waals surface area contributed by atoms with Gasteiger partial charge in [-0.05, 0) is 37.1 Å².